The third kappa shape index (κ3) is 5.74. The van der Waals surface area contributed by atoms with E-state index >= 15 is 0 Å². The first-order valence-corrected chi connectivity index (χ1v) is 10.6. The van der Waals surface area contributed by atoms with Gasteiger partial charge in [0, 0.05) is 30.7 Å². The number of urea groups is 1. The van der Waals surface area contributed by atoms with Gasteiger partial charge in [-0.15, -0.1) is 0 Å². The Morgan fingerprint density at radius 3 is 2.46 bits per heavy atom. The molecular formula is C19H23FN4O3S. The molecule has 0 spiro atoms. The van der Waals surface area contributed by atoms with Crippen LogP contribution in [-0.4, -0.2) is 31.6 Å². The lowest BCUT2D eigenvalue weighted by molar-refractivity contribution is 0.230. The van der Waals surface area contributed by atoms with E-state index in [0.29, 0.717) is 37.9 Å². The molecule has 0 atom stereocenters. The van der Waals surface area contributed by atoms with Crippen molar-refractivity contribution in [3.63, 3.8) is 0 Å². The quantitative estimate of drug-likeness (QED) is 0.687. The SMILES string of the molecule is O=C(NCc1cccnc1)Nc1ccc(S(=O)(=O)NC2CCC(F)CC2)cc1. The fraction of sp³-hybridized carbons (Fsp3) is 0.368. The van der Waals surface area contributed by atoms with Gasteiger partial charge in [0.1, 0.15) is 6.17 Å². The van der Waals surface area contributed by atoms with Gasteiger partial charge in [0.15, 0.2) is 0 Å². The van der Waals surface area contributed by atoms with E-state index < -0.39 is 22.2 Å². The molecule has 3 rings (SSSR count). The number of nitrogens with zero attached hydrogens (tertiary/aromatic N) is 1. The van der Waals surface area contributed by atoms with Crippen molar-refractivity contribution in [2.45, 2.75) is 49.3 Å². The van der Waals surface area contributed by atoms with Crippen molar-refractivity contribution in [1.82, 2.24) is 15.0 Å². The summed E-state index contributed by atoms with van der Waals surface area (Å²) in [6.07, 6.45) is 4.23. The van der Waals surface area contributed by atoms with Crippen molar-refractivity contribution in [3.05, 3.63) is 54.4 Å². The number of sulfonamides is 1. The summed E-state index contributed by atoms with van der Waals surface area (Å²) in [5, 5.41) is 5.35. The number of nitrogens with one attached hydrogen (secondary N) is 3. The summed E-state index contributed by atoms with van der Waals surface area (Å²) in [6.45, 7) is 0.331. The van der Waals surface area contributed by atoms with E-state index in [9.17, 15) is 17.6 Å². The van der Waals surface area contributed by atoms with E-state index in [0.717, 1.165) is 5.56 Å². The van der Waals surface area contributed by atoms with Crippen molar-refractivity contribution >= 4 is 21.7 Å². The van der Waals surface area contributed by atoms with Crippen LogP contribution in [0.25, 0.3) is 0 Å². The number of aromatic nitrogens is 1. The van der Waals surface area contributed by atoms with Crippen LogP contribution >= 0.6 is 0 Å². The minimum absolute atomic E-state index is 0.108. The van der Waals surface area contributed by atoms with Crippen LogP contribution in [0, 0.1) is 0 Å². The lowest BCUT2D eigenvalue weighted by Crippen LogP contribution is -2.37. The van der Waals surface area contributed by atoms with Gasteiger partial charge in [-0.2, -0.15) is 0 Å². The first-order valence-electron chi connectivity index (χ1n) is 9.12. The molecule has 0 bridgehead atoms. The molecule has 2 amide bonds. The van der Waals surface area contributed by atoms with Gasteiger partial charge in [0.25, 0.3) is 0 Å². The van der Waals surface area contributed by atoms with E-state index in [-0.39, 0.29) is 10.9 Å². The van der Waals surface area contributed by atoms with E-state index in [4.69, 9.17) is 0 Å². The molecule has 1 aromatic carbocycles. The summed E-state index contributed by atoms with van der Waals surface area (Å²) in [6, 6.07) is 8.90. The number of pyridine rings is 1. The molecule has 7 nitrogen and oxygen atoms in total. The number of halogens is 1. The molecule has 1 fully saturated rings. The van der Waals surface area contributed by atoms with Crippen molar-refractivity contribution in [2.24, 2.45) is 0 Å². The molecule has 0 unspecified atom stereocenters. The van der Waals surface area contributed by atoms with Gasteiger partial charge in [-0.25, -0.2) is 22.3 Å². The Morgan fingerprint density at radius 1 is 1.11 bits per heavy atom. The summed E-state index contributed by atoms with van der Waals surface area (Å²) in [4.78, 5) is 16.0. The number of carbonyl (C=O) groups excluding carboxylic acids is 1. The summed E-state index contributed by atoms with van der Waals surface area (Å²) < 4.78 is 40.8. The first-order chi connectivity index (χ1) is 13.4. The molecule has 1 saturated carbocycles. The highest BCUT2D eigenvalue weighted by Gasteiger charge is 2.25. The Hall–Kier alpha value is -2.52. The molecule has 1 heterocycles. The molecule has 1 aromatic heterocycles. The van der Waals surface area contributed by atoms with Gasteiger partial charge in [-0.05, 0) is 61.6 Å². The van der Waals surface area contributed by atoms with Crippen molar-refractivity contribution < 1.29 is 17.6 Å². The second-order valence-corrected chi connectivity index (χ2v) is 8.48. The molecule has 1 aliphatic carbocycles. The third-order valence-electron chi connectivity index (χ3n) is 4.58. The molecule has 0 saturated heterocycles. The molecule has 9 heteroatoms. The number of hydrogen-bond donors (Lipinski definition) is 3. The monoisotopic (exact) mass is 406 g/mol. The molecule has 150 valence electrons. The van der Waals surface area contributed by atoms with Crippen LogP contribution in [0.3, 0.4) is 0 Å². The molecule has 2 aromatic rings. The summed E-state index contributed by atoms with van der Waals surface area (Å²) in [7, 11) is -3.68. The Labute approximate surface area is 163 Å². The first kappa shape index (κ1) is 20.2. The Bertz CT molecular complexity index is 883. The van der Waals surface area contributed by atoms with Crippen LogP contribution in [0.4, 0.5) is 14.9 Å². The highest BCUT2D eigenvalue weighted by Crippen LogP contribution is 2.23. The van der Waals surface area contributed by atoms with Crippen molar-refractivity contribution in [2.75, 3.05) is 5.32 Å². The number of alkyl halides is 1. The Balaban J connectivity index is 1.53. The zero-order valence-electron chi connectivity index (χ0n) is 15.3. The molecule has 1 aliphatic rings. The smallest absolute Gasteiger partial charge is 0.319 e. The normalized spacial score (nSPS) is 19.8. The zero-order valence-corrected chi connectivity index (χ0v) is 16.1. The minimum Gasteiger partial charge on any atom is -0.334 e. The van der Waals surface area contributed by atoms with E-state index in [2.05, 4.69) is 20.3 Å². The highest BCUT2D eigenvalue weighted by atomic mass is 32.2. The van der Waals surface area contributed by atoms with Crippen LogP contribution in [0.1, 0.15) is 31.2 Å². The molecule has 28 heavy (non-hydrogen) atoms. The van der Waals surface area contributed by atoms with Crippen LogP contribution in [0.5, 0.6) is 0 Å². The van der Waals surface area contributed by atoms with Crippen LogP contribution < -0.4 is 15.4 Å². The van der Waals surface area contributed by atoms with Crippen molar-refractivity contribution in [3.8, 4) is 0 Å². The molecule has 0 aliphatic heterocycles. The average Bonchev–Trinajstić information content (AvgIpc) is 2.69. The summed E-state index contributed by atoms with van der Waals surface area (Å²) in [5.74, 6) is 0. The average molecular weight is 406 g/mol. The number of rotatable bonds is 6. The Morgan fingerprint density at radius 2 is 1.82 bits per heavy atom. The van der Waals surface area contributed by atoms with E-state index in [1.165, 1.54) is 24.3 Å². The third-order valence-corrected chi connectivity index (χ3v) is 6.11. The number of amides is 2. The van der Waals surface area contributed by atoms with Crippen LogP contribution in [0.15, 0.2) is 53.7 Å². The van der Waals surface area contributed by atoms with Gasteiger partial charge in [-0.1, -0.05) is 6.07 Å². The number of anilines is 1. The predicted molar refractivity (Wildman–Crippen MR) is 104 cm³/mol. The van der Waals surface area contributed by atoms with E-state index in [1.54, 1.807) is 18.5 Å². The topological polar surface area (TPSA) is 100 Å². The lowest BCUT2D eigenvalue weighted by Gasteiger charge is -2.24. The predicted octanol–water partition coefficient (Wildman–Crippen LogP) is 2.96. The lowest BCUT2D eigenvalue weighted by atomic mass is 9.95. The van der Waals surface area contributed by atoms with Gasteiger partial charge >= 0.3 is 6.03 Å². The maximum Gasteiger partial charge on any atom is 0.319 e. The van der Waals surface area contributed by atoms with Gasteiger partial charge in [0.2, 0.25) is 10.0 Å². The zero-order chi connectivity index (χ0) is 20.0. The van der Waals surface area contributed by atoms with Crippen molar-refractivity contribution in [1.29, 1.82) is 0 Å². The van der Waals surface area contributed by atoms with Gasteiger partial charge in [-0.3, -0.25) is 4.98 Å². The summed E-state index contributed by atoms with van der Waals surface area (Å²) in [5.41, 5.74) is 1.34. The fourth-order valence-corrected chi connectivity index (χ4v) is 4.34. The summed E-state index contributed by atoms with van der Waals surface area (Å²) >= 11 is 0. The highest BCUT2D eigenvalue weighted by molar-refractivity contribution is 7.89. The minimum atomic E-state index is -3.68. The van der Waals surface area contributed by atoms with Crippen LogP contribution in [-0.2, 0) is 16.6 Å². The molecule has 3 N–H and O–H groups in total. The second-order valence-electron chi connectivity index (χ2n) is 6.76. The molecular weight excluding hydrogens is 383 g/mol. The Kier molecular flexibility index (Phi) is 6.58. The number of carbonyl (C=O) groups is 1. The molecule has 0 radical (unpaired) electrons. The second kappa shape index (κ2) is 9.11. The van der Waals surface area contributed by atoms with Gasteiger partial charge < -0.3 is 10.6 Å². The standard InChI is InChI=1S/C19H23FN4O3S/c20-15-3-5-17(6-4-15)24-28(26,27)18-9-7-16(8-10-18)23-19(25)22-13-14-2-1-11-21-12-14/h1-2,7-12,15,17,24H,3-6,13H2,(H2,22,23,25). The van der Waals surface area contributed by atoms with Gasteiger partial charge in [0.05, 0.1) is 4.90 Å². The number of benzene rings is 1. The van der Waals surface area contributed by atoms with Crippen LogP contribution in [0.2, 0.25) is 0 Å². The fourth-order valence-electron chi connectivity index (χ4n) is 3.04. The maximum atomic E-state index is 13.2. The number of hydrogen-bond acceptors (Lipinski definition) is 4. The largest absolute Gasteiger partial charge is 0.334 e. The van der Waals surface area contributed by atoms with E-state index in [1.807, 2.05) is 6.07 Å². The maximum absolute atomic E-state index is 13.2.